The molecule has 1 aromatic carbocycles. The number of aryl methyl sites for hydroxylation is 4. The Labute approximate surface area is 130 Å². The fourth-order valence-electron chi connectivity index (χ4n) is 2.35. The van der Waals surface area contributed by atoms with Crippen LogP contribution in [-0.2, 0) is 11.3 Å². The first-order valence-corrected chi connectivity index (χ1v) is 7.33. The second kappa shape index (κ2) is 7.64. The number of benzene rings is 1. The molecule has 0 atom stereocenters. The molecule has 0 spiro atoms. The molecule has 2 rings (SSSR count). The largest absolute Gasteiger partial charge is 0.493 e. The van der Waals surface area contributed by atoms with E-state index in [-0.39, 0.29) is 0 Å². The summed E-state index contributed by atoms with van der Waals surface area (Å²) in [6.07, 6.45) is 3.41. The minimum absolute atomic E-state index is 0.646. The second-order valence-corrected chi connectivity index (χ2v) is 5.29. The van der Waals surface area contributed by atoms with Crippen LogP contribution in [0.5, 0.6) is 5.75 Å². The molecule has 0 unspecified atom stereocenters. The van der Waals surface area contributed by atoms with Crippen molar-refractivity contribution in [2.24, 2.45) is 5.16 Å². The van der Waals surface area contributed by atoms with E-state index in [1.165, 1.54) is 7.11 Å². The second-order valence-electron chi connectivity index (χ2n) is 5.29. The van der Waals surface area contributed by atoms with Gasteiger partial charge in [-0.15, -0.1) is 0 Å². The molecular formula is C17H22N2O3. The van der Waals surface area contributed by atoms with Gasteiger partial charge in [-0.05, 0) is 56.0 Å². The van der Waals surface area contributed by atoms with E-state index in [0.29, 0.717) is 6.61 Å². The molecule has 0 bridgehead atoms. The van der Waals surface area contributed by atoms with Crippen LogP contribution in [0, 0.1) is 20.8 Å². The summed E-state index contributed by atoms with van der Waals surface area (Å²) in [5.74, 6) is 1.84. The van der Waals surface area contributed by atoms with E-state index < -0.39 is 0 Å². The Morgan fingerprint density at radius 1 is 1.18 bits per heavy atom. The molecule has 1 aromatic heterocycles. The Hall–Kier alpha value is -2.30. The lowest BCUT2D eigenvalue weighted by atomic mass is 10.1. The highest BCUT2D eigenvalue weighted by Gasteiger charge is 2.07. The lowest BCUT2D eigenvalue weighted by molar-refractivity contribution is 0.215. The first-order chi connectivity index (χ1) is 10.6. The van der Waals surface area contributed by atoms with E-state index in [9.17, 15) is 0 Å². The molecule has 0 fully saturated rings. The van der Waals surface area contributed by atoms with Crippen LogP contribution in [-0.4, -0.2) is 25.1 Å². The minimum atomic E-state index is 0.646. The van der Waals surface area contributed by atoms with Crippen molar-refractivity contribution >= 4 is 6.21 Å². The zero-order valence-corrected chi connectivity index (χ0v) is 13.5. The molecule has 0 amide bonds. The molecule has 0 N–H and O–H groups in total. The normalized spacial score (nSPS) is 11.1. The van der Waals surface area contributed by atoms with Gasteiger partial charge in [-0.25, -0.2) is 0 Å². The molecule has 0 aliphatic rings. The van der Waals surface area contributed by atoms with Gasteiger partial charge in [0.2, 0.25) is 0 Å². The minimum Gasteiger partial charge on any atom is -0.493 e. The van der Waals surface area contributed by atoms with Gasteiger partial charge in [-0.3, -0.25) is 0 Å². The highest BCUT2D eigenvalue weighted by atomic mass is 16.6. The number of hydrogen-bond acceptors (Lipinski definition) is 5. The molecule has 1 heterocycles. The molecule has 118 valence electrons. The zero-order chi connectivity index (χ0) is 15.9. The Balaban J connectivity index is 1.90. The quantitative estimate of drug-likeness (QED) is 0.445. The molecule has 0 saturated carbocycles. The maximum atomic E-state index is 5.92. The number of ether oxygens (including phenoxy) is 1. The maximum absolute atomic E-state index is 5.92. The fraction of sp³-hybridized carbons (Fsp3) is 0.412. The Bertz CT molecular complexity index is 624. The summed E-state index contributed by atoms with van der Waals surface area (Å²) in [4.78, 5) is 4.70. The van der Waals surface area contributed by atoms with Gasteiger partial charge in [0.05, 0.1) is 18.5 Å². The van der Waals surface area contributed by atoms with Crippen LogP contribution < -0.4 is 4.74 Å². The summed E-state index contributed by atoms with van der Waals surface area (Å²) in [6.45, 7) is 6.64. The number of rotatable bonds is 7. The summed E-state index contributed by atoms with van der Waals surface area (Å²) < 4.78 is 11.1. The molecule has 0 aliphatic carbocycles. The molecule has 5 heteroatoms. The van der Waals surface area contributed by atoms with Gasteiger partial charge < -0.3 is 14.1 Å². The number of hydrogen-bond donors (Lipinski definition) is 0. The third-order valence-corrected chi connectivity index (χ3v) is 3.28. The van der Waals surface area contributed by atoms with Gasteiger partial charge in [0.25, 0.3) is 0 Å². The lowest BCUT2D eigenvalue weighted by Crippen LogP contribution is -2.02. The molecular weight excluding hydrogens is 280 g/mol. The predicted molar refractivity (Wildman–Crippen MR) is 85.6 cm³/mol. The Morgan fingerprint density at radius 3 is 2.50 bits per heavy atom. The van der Waals surface area contributed by atoms with E-state index in [4.69, 9.17) is 14.1 Å². The van der Waals surface area contributed by atoms with Crippen LogP contribution in [0.4, 0.5) is 0 Å². The van der Waals surface area contributed by atoms with Crippen LogP contribution in [0.15, 0.2) is 27.9 Å². The van der Waals surface area contributed by atoms with E-state index in [1.807, 2.05) is 39.0 Å². The van der Waals surface area contributed by atoms with Crippen molar-refractivity contribution < 1.29 is 14.1 Å². The van der Waals surface area contributed by atoms with Gasteiger partial charge >= 0.3 is 0 Å². The molecule has 0 aliphatic heterocycles. The van der Waals surface area contributed by atoms with Crippen molar-refractivity contribution in [3.05, 3.63) is 46.3 Å². The summed E-state index contributed by atoms with van der Waals surface area (Å²) in [7, 11) is 1.53. The standard InChI is InChI=1S/C17H22N2O3/c1-12-8-15(11-18-20-4)9-13(2)17(12)21-7-5-6-16-10-14(3)19-22-16/h8-11H,5-7H2,1-4H3. The van der Waals surface area contributed by atoms with Crippen LogP contribution in [0.3, 0.4) is 0 Å². The van der Waals surface area contributed by atoms with Gasteiger partial charge in [-0.1, -0.05) is 10.3 Å². The van der Waals surface area contributed by atoms with Crippen molar-refractivity contribution in [3.8, 4) is 5.75 Å². The highest BCUT2D eigenvalue weighted by Crippen LogP contribution is 2.24. The van der Waals surface area contributed by atoms with Gasteiger partial charge in [-0.2, -0.15) is 0 Å². The average molecular weight is 302 g/mol. The van der Waals surface area contributed by atoms with Crippen molar-refractivity contribution in [2.45, 2.75) is 33.6 Å². The topological polar surface area (TPSA) is 56.9 Å². The fourth-order valence-corrected chi connectivity index (χ4v) is 2.35. The predicted octanol–water partition coefficient (Wildman–Crippen LogP) is 3.59. The Morgan fingerprint density at radius 2 is 1.91 bits per heavy atom. The third-order valence-electron chi connectivity index (χ3n) is 3.28. The van der Waals surface area contributed by atoms with Gasteiger partial charge in [0, 0.05) is 12.5 Å². The van der Waals surface area contributed by atoms with E-state index in [2.05, 4.69) is 10.3 Å². The van der Waals surface area contributed by atoms with Crippen LogP contribution in [0.1, 0.15) is 34.6 Å². The molecule has 5 nitrogen and oxygen atoms in total. The first-order valence-electron chi connectivity index (χ1n) is 7.33. The molecule has 22 heavy (non-hydrogen) atoms. The smallest absolute Gasteiger partial charge is 0.137 e. The van der Waals surface area contributed by atoms with Crippen molar-refractivity contribution in [3.63, 3.8) is 0 Å². The monoisotopic (exact) mass is 302 g/mol. The maximum Gasteiger partial charge on any atom is 0.137 e. The van der Waals surface area contributed by atoms with E-state index in [0.717, 1.165) is 46.7 Å². The molecule has 0 radical (unpaired) electrons. The zero-order valence-electron chi connectivity index (χ0n) is 13.5. The highest BCUT2D eigenvalue weighted by molar-refractivity contribution is 5.80. The van der Waals surface area contributed by atoms with Crippen LogP contribution in [0.25, 0.3) is 0 Å². The summed E-state index contributed by atoms with van der Waals surface area (Å²) >= 11 is 0. The van der Waals surface area contributed by atoms with E-state index in [1.54, 1.807) is 6.21 Å². The van der Waals surface area contributed by atoms with Crippen molar-refractivity contribution in [1.29, 1.82) is 0 Å². The molecule has 2 aromatic rings. The van der Waals surface area contributed by atoms with Gasteiger partial charge in [0.1, 0.15) is 18.6 Å². The van der Waals surface area contributed by atoms with Crippen LogP contribution >= 0.6 is 0 Å². The Kier molecular flexibility index (Phi) is 5.58. The third kappa shape index (κ3) is 4.35. The average Bonchev–Trinajstić information content (AvgIpc) is 2.89. The van der Waals surface area contributed by atoms with Gasteiger partial charge in [0.15, 0.2) is 0 Å². The van der Waals surface area contributed by atoms with Crippen molar-refractivity contribution in [1.82, 2.24) is 5.16 Å². The van der Waals surface area contributed by atoms with Crippen LogP contribution in [0.2, 0.25) is 0 Å². The van der Waals surface area contributed by atoms with E-state index >= 15 is 0 Å². The number of oxime groups is 1. The lowest BCUT2D eigenvalue weighted by Gasteiger charge is -2.12. The SMILES string of the molecule is CON=Cc1cc(C)c(OCCCc2cc(C)no2)c(C)c1. The summed E-state index contributed by atoms with van der Waals surface area (Å²) in [6, 6.07) is 6.02. The summed E-state index contributed by atoms with van der Waals surface area (Å²) in [5.41, 5.74) is 4.10. The first kappa shape index (κ1) is 16.1. The summed E-state index contributed by atoms with van der Waals surface area (Å²) in [5, 5.41) is 7.66. The number of aromatic nitrogens is 1. The number of nitrogens with zero attached hydrogens (tertiary/aromatic N) is 2. The van der Waals surface area contributed by atoms with Crippen molar-refractivity contribution in [2.75, 3.05) is 13.7 Å². The molecule has 0 saturated heterocycles.